The van der Waals surface area contributed by atoms with Gasteiger partial charge < -0.3 is 5.73 Å². The number of allylic oxidation sites excluding steroid dienone is 11. The Bertz CT molecular complexity index is 1610. The number of fused-ring (bicyclic) bond motifs is 2. The summed E-state index contributed by atoms with van der Waals surface area (Å²) in [6.45, 7) is 24.2. The second kappa shape index (κ2) is 19.1. The number of hydrogen-bond acceptors (Lipinski definition) is 4. The number of nitrogens with zero attached hydrogens (tertiary/aromatic N) is 3. The van der Waals surface area contributed by atoms with Crippen molar-refractivity contribution in [3.8, 4) is 6.07 Å². The zero-order valence-electron chi connectivity index (χ0n) is 31.2. The smallest absolute Gasteiger partial charge is 0.0943 e. The maximum absolute atomic E-state index is 9.90. The molecule has 2 aliphatic rings. The zero-order valence-corrected chi connectivity index (χ0v) is 31.2. The molecule has 2 atom stereocenters. The van der Waals surface area contributed by atoms with Crippen LogP contribution in [0.15, 0.2) is 135 Å². The summed E-state index contributed by atoms with van der Waals surface area (Å²) in [5.74, 6) is 0.862. The highest BCUT2D eigenvalue weighted by Crippen LogP contribution is 2.53. The minimum Gasteiger partial charge on any atom is -0.399 e. The Balaban J connectivity index is 1.90. The van der Waals surface area contributed by atoms with Gasteiger partial charge in [0.1, 0.15) is 0 Å². The fraction of sp³-hybridized carbons (Fsp3) is 0.444. The SMILES string of the molecule is C=C/C=C(CCc1ccccc1)/C(N)=C(/C)CC/C(=N/CCC1=C(CC/C(C)=N/C)C(C)(C)C2CCC(C#N)=CC1C2)C(=C)/C=C\C(=C)C. The van der Waals surface area contributed by atoms with Gasteiger partial charge in [0.2, 0.25) is 0 Å². The molecule has 2 N–H and O–H groups in total. The Labute approximate surface area is 298 Å². The highest BCUT2D eigenvalue weighted by molar-refractivity contribution is 6.02. The molecule has 49 heavy (non-hydrogen) atoms. The van der Waals surface area contributed by atoms with Gasteiger partial charge in [0.15, 0.2) is 0 Å². The van der Waals surface area contributed by atoms with Gasteiger partial charge in [-0.3, -0.25) is 9.98 Å². The molecular weight excluding hydrogens is 597 g/mol. The van der Waals surface area contributed by atoms with E-state index in [9.17, 15) is 5.26 Å². The van der Waals surface area contributed by atoms with Crippen molar-refractivity contribution >= 4 is 11.4 Å². The van der Waals surface area contributed by atoms with Crippen LogP contribution in [0.1, 0.15) is 98.0 Å². The van der Waals surface area contributed by atoms with Crippen molar-refractivity contribution in [3.63, 3.8) is 0 Å². The van der Waals surface area contributed by atoms with Crippen molar-refractivity contribution in [2.24, 2.45) is 33.0 Å². The van der Waals surface area contributed by atoms with Gasteiger partial charge in [-0.1, -0.05) is 111 Å². The van der Waals surface area contributed by atoms with Crippen molar-refractivity contribution in [2.45, 2.75) is 98.8 Å². The first-order valence-corrected chi connectivity index (χ1v) is 18.0. The van der Waals surface area contributed by atoms with Crippen molar-refractivity contribution in [2.75, 3.05) is 13.6 Å². The fourth-order valence-electron chi connectivity index (χ4n) is 7.34. The molecule has 4 nitrogen and oxygen atoms in total. The van der Waals surface area contributed by atoms with Gasteiger partial charge in [-0.15, -0.1) is 0 Å². The first-order chi connectivity index (χ1) is 23.4. The number of hydrogen-bond donors (Lipinski definition) is 1. The van der Waals surface area contributed by atoms with E-state index in [1.54, 1.807) is 5.57 Å². The molecule has 0 saturated carbocycles. The molecule has 1 aromatic carbocycles. The maximum Gasteiger partial charge on any atom is 0.0943 e. The molecule has 0 radical (unpaired) electrons. The first kappa shape index (κ1) is 39.2. The van der Waals surface area contributed by atoms with Crippen LogP contribution >= 0.6 is 0 Å². The molecule has 0 saturated heterocycles. The normalized spacial score (nSPS) is 20.3. The minimum atomic E-state index is 0.0789. The van der Waals surface area contributed by atoms with Crippen LogP contribution in [-0.2, 0) is 6.42 Å². The Morgan fingerprint density at radius 1 is 1.02 bits per heavy atom. The van der Waals surface area contributed by atoms with Crippen LogP contribution in [-0.4, -0.2) is 25.0 Å². The lowest BCUT2D eigenvalue weighted by molar-refractivity contribution is 0.194. The summed E-state index contributed by atoms with van der Waals surface area (Å²) in [5.41, 5.74) is 19.3. The van der Waals surface area contributed by atoms with Crippen LogP contribution in [0.25, 0.3) is 0 Å². The molecule has 0 fully saturated rings. The van der Waals surface area contributed by atoms with Gasteiger partial charge in [-0.05, 0) is 125 Å². The third kappa shape index (κ3) is 11.4. The predicted molar refractivity (Wildman–Crippen MR) is 213 cm³/mol. The molecular formula is C45H60N4. The van der Waals surface area contributed by atoms with E-state index >= 15 is 0 Å². The van der Waals surface area contributed by atoms with Crippen LogP contribution in [0.4, 0.5) is 0 Å². The molecule has 2 bridgehead atoms. The number of aryl methyl sites for hydroxylation is 1. The highest BCUT2D eigenvalue weighted by Gasteiger charge is 2.42. The van der Waals surface area contributed by atoms with Gasteiger partial charge in [-0.25, -0.2) is 0 Å². The molecule has 0 spiro atoms. The van der Waals surface area contributed by atoms with E-state index in [4.69, 9.17) is 10.7 Å². The molecule has 0 amide bonds. The maximum atomic E-state index is 9.90. The van der Waals surface area contributed by atoms with E-state index < -0.39 is 0 Å². The zero-order chi connectivity index (χ0) is 36.0. The second-order valence-corrected chi connectivity index (χ2v) is 14.5. The topological polar surface area (TPSA) is 74.5 Å². The van der Waals surface area contributed by atoms with Crippen molar-refractivity contribution in [1.82, 2.24) is 0 Å². The van der Waals surface area contributed by atoms with Gasteiger partial charge in [0.25, 0.3) is 0 Å². The predicted octanol–water partition coefficient (Wildman–Crippen LogP) is 11.3. The Morgan fingerprint density at radius 2 is 1.76 bits per heavy atom. The summed E-state index contributed by atoms with van der Waals surface area (Å²) in [6, 6.07) is 13.0. The molecule has 1 aromatic rings. The summed E-state index contributed by atoms with van der Waals surface area (Å²) in [5, 5.41) is 9.90. The van der Waals surface area contributed by atoms with Gasteiger partial charge >= 0.3 is 0 Å². The van der Waals surface area contributed by atoms with Gasteiger partial charge in [0, 0.05) is 36.3 Å². The summed E-state index contributed by atoms with van der Waals surface area (Å²) in [4.78, 5) is 9.71. The number of benzene rings is 1. The number of nitriles is 1. The highest BCUT2D eigenvalue weighted by atomic mass is 14.7. The van der Waals surface area contributed by atoms with Crippen LogP contribution < -0.4 is 5.73 Å². The number of nitrogens with two attached hydrogens (primary N) is 1. The minimum absolute atomic E-state index is 0.0789. The lowest BCUT2D eigenvalue weighted by Crippen LogP contribution is -2.34. The lowest BCUT2D eigenvalue weighted by atomic mass is 9.60. The van der Waals surface area contributed by atoms with Crippen LogP contribution in [0.3, 0.4) is 0 Å². The number of rotatable bonds is 17. The van der Waals surface area contributed by atoms with E-state index in [2.05, 4.69) is 88.8 Å². The van der Waals surface area contributed by atoms with Gasteiger partial charge in [0.05, 0.1) is 6.07 Å². The van der Waals surface area contributed by atoms with Crippen LogP contribution in [0.2, 0.25) is 0 Å². The summed E-state index contributed by atoms with van der Waals surface area (Å²) >= 11 is 0. The van der Waals surface area contributed by atoms with Crippen molar-refractivity contribution in [3.05, 3.63) is 131 Å². The largest absolute Gasteiger partial charge is 0.399 e. The van der Waals surface area contributed by atoms with Gasteiger partial charge in [-0.2, -0.15) is 5.26 Å². The van der Waals surface area contributed by atoms with Crippen molar-refractivity contribution < 1.29 is 0 Å². The Kier molecular flexibility index (Phi) is 15.3. The molecule has 2 aliphatic carbocycles. The first-order valence-electron chi connectivity index (χ1n) is 18.0. The molecule has 3 rings (SSSR count). The van der Waals surface area contributed by atoms with E-state index in [-0.39, 0.29) is 5.41 Å². The number of aliphatic imine (C=N–C) groups is 2. The summed E-state index contributed by atoms with van der Waals surface area (Å²) < 4.78 is 0. The van der Waals surface area contributed by atoms with E-state index in [1.807, 2.05) is 44.3 Å². The molecule has 0 aromatic heterocycles. The molecule has 0 aliphatic heterocycles. The summed E-state index contributed by atoms with van der Waals surface area (Å²) in [6.07, 6.45) is 19.4. The monoisotopic (exact) mass is 656 g/mol. The lowest BCUT2D eigenvalue weighted by Gasteiger charge is -2.45. The van der Waals surface area contributed by atoms with Crippen LogP contribution in [0, 0.1) is 28.6 Å². The third-order valence-corrected chi connectivity index (χ3v) is 10.6. The average Bonchev–Trinajstić information content (AvgIpc) is 3.30. The standard InChI is InChI=1S/C45H60N4/c1-10-14-38(23-21-36-15-12-11-13-16-36)44(47)34(5)19-26-43(33(4)18-17-32(2)3)49-28-27-41-39-29-37(31-46)22-24-40(30-39)45(7,8)42(41)25-20-35(6)48-9/h10-18,29,39-40H,1-2,4,19-28,30,47H2,3,5-9H3/b18-17-,38-14+,44-34+,48-35+,49-43-. The second-order valence-electron chi connectivity index (χ2n) is 14.5. The van der Waals surface area contributed by atoms with E-state index in [0.717, 1.165) is 103 Å². The van der Waals surface area contributed by atoms with E-state index in [0.29, 0.717) is 18.4 Å². The van der Waals surface area contributed by atoms with E-state index in [1.165, 1.54) is 16.8 Å². The molecule has 260 valence electrons. The summed E-state index contributed by atoms with van der Waals surface area (Å²) in [7, 11) is 1.88. The average molecular weight is 657 g/mol. The fourth-order valence-corrected chi connectivity index (χ4v) is 7.34. The third-order valence-electron chi connectivity index (χ3n) is 10.6. The molecule has 2 unspecified atom stereocenters. The Hall–Kier alpha value is -4.23. The quantitative estimate of drug-likeness (QED) is 0.103. The molecule has 0 heterocycles. The van der Waals surface area contributed by atoms with Crippen LogP contribution in [0.5, 0.6) is 0 Å². The molecule has 4 heteroatoms. The Morgan fingerprint density at radius 3 is 2.41 bits per heavy atom. The van der Waals surface area contributed by atoms with Crippen molar-refractivity contribution in [1.29, 1.82) is 5.26 Å².